The third-order valence-corrected chi connectivity index (χ3v) is 4.69. The molecule has 3 nitrogen and oxygen atoms in total. The van der Waals surface area contributed by atoms with Crippen LogP contribution in [0.15, 0.2) is 18.2 Å². The minimum Gasteiger partial charge on any atom is -0.491 e. The van der Waals surface area contributed by atoms with E-state index in [4.69, 9.17) is 27.9 Å². The van der Waals surface area contributed by atoms with Gasteiger partial charge in [-0.2, -0.15) is 0 Å². The molecule has 1 saturated carbocycles. The standard InChI is InChI=1S/C16H23Cl2NO2/c1-11-2-3-12(6-11)8-19-9-13(20)10-21-14-4-5-15(17)16(18)7-14/h4-5,7,11-13,19-20H,2-3,6,8-10H2,1H3. The second kappa shape index (κ2) is 8.23. The van der Waals surface area contributed by atoms with E-state index in [1.807, 2.05) is 0 Å². The molecular weight excluding hydrogens is 309 g/mol. The number of benzene rings is 1. The summed E-state index contributed by atoms with van der Waals surface area (Å²) < 4.78 is 5.51. The molecule has 0 bridgehead atoms. The van der Waals surface area contributed by atoms with Gasteiger partial charge in [-0.05, 0) is 43.4 Å². The molecule has 0 saturated heterocycles. The van der Waals surface area contributed by atoms with Crippen LogP contribution in [0.1, 0.15) is 26.2 Å². The Kier molecular flexibility index (Phi) is 6.62. The Morgan fingerprint density at radius 2 is 2.14 bits per heavy atom. The van der Waals surface area contributed by atoms with E-state index in [-0.39, 0.29) is 6.61 Å². The zero-order valence-corrected chi connectivity index (χ0v) is 13.8. The Morgan fingerprint density at radius 3 is 2.81 bits per heavy atom. The highest BCUT2D eigenvalue weighted by atomic mass is 35.5. The Morgan fingerprint density at radius 1 is 1.33 bits per heavy atom. The summed E-state index contributed by atoms with van der Waals surface area (Å²) in [5.74, 6) is 2.22. The van der Waals surface area contributed by atoms with Gasteiger partial charge in [-0.1, -0.05) is 36.5 Å². The van der Waals surface area contributed by atoms with Gasteiger partial charge in [0.2, 0.25) is 0 Å². The number of aliphatic hydroxyl groups is 1. The highest BCUT2D eigenvalue weighted by Crippen LogP contribution is 2.29. The molecule has 1 aromatic rings. The SMILES string of the molecule is CC1CCC(CNCC(O)COc2ccc(Cl)c(Cl)c2)C1. The fourth-order valence-corrected chi connectivity index (χ4v) is 3.07. The van der Waals surface area contributed by atoms with Crippen molar-refractivity contribution in [3.05, 3.63) is 28.2 Å². The van der Waals surface area contributed by atoms with Crippen LogP contribution in [0.5, 0.6) is 5.75 Å². The quantitative estimate of drug-likeness (QED) is 0.799. The van der Waals surface area contributed by atoms with E-state index in [2.05, 4.69) is 12.2 Å². The third kappa shape index (κ3) is 5.67. The van der Waals surface area contributed by atoms with Gasteiger partial charge in [0.25, 0.3) is 0 Å². The minimum absolute atomic E-state index is 0.242. The summed E-state index contributed by atoms with van der Waals surface area (Å²) in [5.41, 5.74) is 0. The molecular formula is C16H23Cl2NO2. The summed E-state index contributed by atoms with van der Waals surface area (Å²) in [6, 6.07) is 5.09. The van der Waals surface area contributed by atoms with E-state index in [1.54, 1.807) is 18.2 Å². The Hall–Kier alpha value is -0.480. The van der Waals surface area contributed by atoms with Gasteiger partial charge >= 0.3 is 0 Å². The van der Waals surface area contributed by atoms with Crippen LogP contribution < -0.4 is 10.1 Å². The molecule has 3 unspecified atom stereocenters. The number of halogens is 2. The summed E-state index contributed by atoms with van der Waals surface area (Å²) in [7, 11) is 0. The smallest absolute Gasteiger partial charge is 0.121 e. The molecule has 21 heavy (non-hydrogen) atoms. The van der Waals surface area contributed by atoms with Crippen LogP contribution >= 0.6 is 23.2 Å². The molecule has 0 radical (unpaired) electrons. The molecule has 1 aromatic carbocycles. The first-order chi connectivity index (χ1) is 10.0. The number of hydrogen-bond acceptors (Lipinski definition) is 3. The molecule has 0 amide bonds. The molecule has 5 heteroatoms. The van der Waals surface area contributed by atoms with Crippen molar-refractivity contribution in [1.82, 2.24) is 5.32 Å². The van der Waals surface area contributed by atoms with Gasteiger partial charge in [0, 0.05) is 12.6 Å². The van der Waals surface area contributed by atoms with Gasteiger partial charge in [-0.25, -0.2) is 0 Å². The van der Waals surface area contributed by atoms with Crippen LogP contribution in [0, 0.1) is 11.8 Å². The molecule has 2 N–H and O–H groups in total. The molecule has 1 fully saturated rings. The number of ether oxygens (including phenoxy) is 1. The van der Waals surface area contributed by atoms with Crippen LogP contribution in [-0.4, -0.2) is 30.9 Å². The predicted molar refractivity (Wildman–Crippen MR) is 87.3 cm³/mol. The van der Waals surface area contributed by atoms with Gasteiger partial charge in [-0.3, -0.25) is 0 Å². The lowest BCUT2D eigenvalue weighted by Crippen LogP contribution is -2.33. The molecule has 0 heterocycles. The van der Waals surface area contributed by atoms with Crippen LogP contribution in [0.4, 0.5) is 0 Å². The fraction of sp³-hybridized carbons (Fsp3) is 0.625. The van der Waals surface area contributed by atoms with Crippen molar-refractivity contribution in [3.8, 4) is 5.75 Å². The summed E-state index contributed by atoms with van der Waals surface area (Å²) in [4.78, 5) is 0. The second-order valence-corrected chi connectivity index (χ2v) is 6.80. The molecule has 1 aliphatic carbocycles. The van der Waals surface area contributed by atoms with E-state index in [0.717, 1.165) is 18.4 Å². The van der Waals surface area contributed by atoms with Crippen molar-refractivity contribution < 1.29 is 9.84 Å². The maximum absolute atomic E-state index is 9.91. The van der Waals surface area contributed by atoms with Crippen molar-refractivity contribution in [2.24, 2.45) is 11.8 Å². The van der Waals surface area contributed by atoms with E-state index >= 15 is 0 Å². The summed E-state index contributed by atoms with van der Waals surface area (Å²) >= 11 is 11.7. The average Bonchev–Trinajstić information content (AvgIpc) is 2.86. The zero-order chi connectivity index (χ0) is 15.2. The fourth-order valence-electron chi connectivity index (χ4n) is 2.78. The van der Waals surface area contributed by atoms with Crippen LogP contribution in [0.2, 0.25) is 10.0 Å². The monoisotopic (exact) mass is 331 g/mol. The lowest BCUT2D eigenvalue weighted by atomic mass is 10.1. The van der Waals surface area contributed by atoms with E-state index in [1.165, 1.54) is 19.3 Å². The second-order valence-electron chi connectivity index (χ2n) is 5.98. The normalized spacial score (nSPS) is 23.2. The number of hydrogen-bond donors (Lipinski definition) is 2. The average molecular weight is 332 g/mol. The Labute approximate surface area is 136 Å². The highest BCUT2D eigenvalue weighted by Gasteiger charge is 2.20. The number of rotatable bonds is 7. The van der Waals surface area contributed by atoms with Gasteiger partial charge in [-0.15, -0.1) is 0 Å². The van der Waals surface area contributed by atoms with E-state index < -0.39 is 6.10 Å². The minimum atomic E-state index is -0.529. The van der Waals surface area contributed by atoms with Crippen molar-refractivity contribution in [2.75, 3.05) is 19.7 Å². The molecule has 3 atom stereocenters. The molecule has 0 spiro atoms. The summed E-state index contributed by atoms with van der Waals surface area (Å²) in [6.07, 6.45) is 3.39. The van der Waals surface area contributed by atoms with Crippen molar-refractivity contribution >= 4 is 23.2 Å². The van der Waals surface area contributed by atoms with Gasteiger partial charge in [0.05, 0.1) is 10.0 Å². The first kappa shape index (κ1) is 16.9. The third-order valence-electron chi connectivity index (χ3n) is 3.95. The maximum Gasteiger partial charge on any atom is 0.121 e. The predicted octanol–water partition coefficient (Wildman–Crippen LogP) is 3.76. The first-order valence-electron chi connectivity index (χ1n) is 7.51. The zero-order valence-electron chi connectivity index (χ0n) is 12.3. The van der Waals surface area contributed by atoms with Gasteiger partial charge in [0.15, 0.2) is 0 Å². The summed E-state index contributed by atoms with van der Waals surface area (Å²) in [6.45, 7) is 4.08. The topological polar surface area (TPSA) is 41.5 Å². The lowest BCUT2D eigenvalue weighted by Gasteiger charge is -2.15. The van der Waals surface area contributed by atoms with E-state index in [0.29, 0.717) is 22.3 Å². The first-order valence-corrected chi connectivity index (χ1v) is 8.27. The van der Waals surface area contributed by atoms with Gasteiger partial charge in [0.1, 0.15) is 18.5 Å². The largest absolute Gasteiger partial charge is 0.491 e. The van der Waals surface area contributed by atoms with E-state index in [9.17, 15) is 5.11 Å². The Bertz CT molecular complexity index is 456. The number of nitrogens with one attached hydrogen (secondary N) is 1. The molecule has 0 aliphatic heterocycles. The van der Waals surface area contributed by atoms with Crippen molar-refractivity contribution in [2.45, 2.75) is 32.3 Å². The lowest BCUT2D eigenvalue weighted by molar-refractivity contribution is 0.105. The maximum atomic E-state index is 9.91. The van der Waals surface area contributed by atoms with Crippen LogP contribution in [-0.2, 0) is 0 Å². The van der Waals surface area contributed by atoms with Crippen LogP contribution in [0.25, 0.3) is 0 Å². The molecule has 0 aromatic heterocycles. The number of aliphatic hydroxyl groups excluding tert-OH is 1. The van der Waals surface area contributed by atoms with Gasteiger partial charge < -0.3 is 15.2 Å². The van der Waals surface area contributed by atoms with Crippen molar-refractivity contribution in [3.63, 3.8) is 0 Å². The molecule has 2 rings (SSSR count). The Balaban J connectivity index is 1.63. The molecule has 1 aliphatic rings. The highest BCUT2D eigenvalue weighted by molar-refractivity contribution is 6.42. The summed E-state index contributed by atoms with van der Waals surface area (Å²) in [5, 5.41) is 14.2. The van der Waals surface area contributed by atoms with Crippen LogP contribution in [0.3, 0.4) is 0 Å². The molecule has 118 valence electrons. The van der Waals surface area contributed by atoms with Crippen molar-refractivity contribution in [1.29, 1.82) is 0 Å².